The van der Waals surface area contributed by atoms with Gasteiger partial charge in [-0.15, -0.1) is 0 Å². The largest absolute Gasteiger partial charge is 0.299 e. The van der Waals surface area contributed by atoms with Crippen molar-refractivity contribution in [1.82, 2.24) is 0 Å². The normalized spacial score (nSPS) is 12.4. The standard InChI is InChI=1S/C17H19OP/c1-3-17(18)14(2)19(15-10-6-4-7-11-15)16-12-8-5-9-13-16/h4-14H,3H2,1-2H3/t14-/m1/s1. The molecule has 98 valence electrons. The minimum atomic E-state index is -0.607. The molecule has 2 aromatic rings. The van der Waals surface area contributed by atoms with E-state index in [2.05, 4.69) is 55.5 Å². The molecule has 2 rings (SSSR count). The highest BCUT2D eigenvalue weighted by Gasteiger charge is 2.25. The fraction of sp³-hybridized carbons (Fsp3) is 0.235. The second kappa shape index (κ2) is 6.63. The van der Waals surface area contributed by atoms with Gasteiger partial charge in [0.15, 0.2) is 0 Å². The predicted octanol–water partition coefficient (Wildman–Crippen LogP) is 3.49. The van der Waals surface area contributed by atoms with Gasteiger partial charge in [0, 0.05) is 12.1 Å². The summed E-state index contributed by atoms with van der Waals surface area (Å²) in [6.45, 7) is 4.01. The van der Waals surface area contributed by atoms with Gasteiger partial charge in [-0.1, -0.05) is 74.5 Å². The number of carbonyl (C=O) groups excluding carboxylic acids is 1. The molecule has 0 aliphatic carbocycles. The van der Waals surface area contributed by atoms with E-state index in [4.69, 9.17) is 0 Å². The average molecular weight is 270 g/mol. The molecular formula is C17H19OP. The molecule has 0 unspecified atom stereocenters. The molecule has 0 fully saturated rings. The van der Waals surface area contributed by atoms with E-state index >= 15 is 0 Å². The van der Waals surface area contributed by atoms with Gasteiger partial charge in [-0.2, -0.15) is 0 Å². The summed E-state index contributed by atoms with van der Waals surface area (Å²) in [7, 11) is -0.607. The molecule has 2 aromatic carbocycles. The van der Waals surface area contributed by atoms with Gasteiger partial charge in [-0.25, -0.2) is 0 Å². The van der Waals surface area contributed by atoms with E-state index in [1.165, 1.54) is 10.6 Å². The van der Waals surface area contributed by atoms with Crippen LogP contribution in [0.3, 0.4) is 0 Å². The molecule has 0 radical (unpaired) electrons. The van der Waals surface area contributed by atoms with Crippen LogP contribution in [0, 0.1) is 0 Å². The monoisotopic (exact) mass is 270 g/mol. The number of Topliss-reactive ketones (excluding diaryl/α,β-unsaturated/α-hetero) is 1. The highest BCUT2D eigenvalue weighted by molar-refractivity contribution is 7.74. The van der Waals surface area contributed by atoms with Crippen LogP contribution in [-0.4, -0.2) is 11.4 Å². The topological polar surface area (TPSA) is 17.1 Å². The van der Waals surface area contributed by atoms with E-state index in [0.717, 1.165) is 0 Å². The zero-order valence-corrected chi connectivity index (χ0v) is 12.3. The van der Waals surface area contributed by atoms with Gasteiger partial charge in [0.05, 0.1) is 0 Å². The van der Waals surface area contributed by atoms with Crippen LogP contribution in [0.25, 0.3) is 0 Å². The Hall–Kier alpha value is -1.46. The van der Waals surface area contributed by atoms with Crippen molar-refractivity contribution < 1.29 is 4.79 Å². The van der Waals surface area contributed by atoms with Crippen molar-refractivity contribution >= 4 is 24.3 Å². The Kier molecular flexibility index (Phi) is 4.87. The molecule has 1 nitrogen and oxygen atoms in total. The van der Waals surface area contributed by atoms with Gasteiger partial charge in [0.25, 0.3) is 0 Å². The Morgan fingerprint density at radius 2 is 1.37 bits per heavy atom. The first-order valence-corrected chi connectivity index (χ1v) is 8.07. The molecular weight excluding hydrogens is 251 g/mol. The van der Waals surface area contributed by atoms with Crippen molar-refractivity contribution in [3.05, 3.63) is 60.7 Å². The second-order valence-corrected chi connectivity index (χ2v) is 7.08. The third-order valence-corrected chi connectivity index (χ3v) is 6.04. The highest BCUT2D eigenvalue weighted by Crippen LogP contribution is 2.39. The Morgan fingerprint density at radius 3 is 1.74 bits per heavy atom. The minimum Gasteiger partial charge on any atom is -0.299 e. The Labute approximate surface area is 116 Å². The summed E-state index contributed by atoms with van der Waals surface area (Å²) in [6.07, 6.45) is 0.611. The first-order chi connectivity index (χ1) is 9.24. The van der Waals surface area contributed by atoms with Gasteiger partial charge in [0.1, 0.15) is 5.78 Å². The maximum atomic E-state index is 12.1. The van der Waals surface area contributed by atoms with E-state index in [0.29, 0.717) is 12.2 Å². The Balaban J connectivity index is 2.43. The molecule has 2 heteroatoms. The number of ketones is 1. The predicted molar refractivity (Wildman–Crippen MR) is 83.8 cm³/mol. The summed E-state index contributed by atoms with van der Waals surface area (Å²) < 4.78 is 0. The Morgan fingerprint density at radius 1 is 0.947 bits per heavy atom. The maximum Gasteiger partial charge on any atom is 0.140 e. The molecule has 19 heavy (non-hydrogen) atoms. The lowest BCUT2D eigenvalue weighted by Gasteiger charge is -2.24. The van der Waals surface area contributed by atoms with Crippen LogP contribution in [0.1, 0.15) is 20.3 Å². The molecule has 0 saturated carbocycles. The fourth-order valence-corrected chi connectivity index (χ4v) is 4.86. The summed E-state index contributed by atoms with van der Waals surface area (Å²) in [4.78, 5) is 12.1. The zero-order chi connectivity index (χ0) is 13.7. The smallest absolute Gasteiger partial charge is 0.140 e. The number of carbonyl (C=O) groups is 1. The molecule has 0 aliphatic rings. The van der Waals surface area contributed by atoms with Crippen LogP contribution >= 0.6 is 7.92 Å². The fourth-order valence-electron chi connectivity index (χ4n) is 2.21. The molecule has 0 amide bonds. The SMILES string of the molecule is CCC(=O)[C@@H](C)P(c1ccccc1)c1ccccc1. The third-order valence-electron chi connectivity index (χ3n) is 3.27. The van der Waals surface area contributed by atoms with Crippen LogP contribution in [0.5, 0.6) is 0 Å². The quantitative estimate of drug-likeness (QED) is 0.760. The van der Waals surface area contributed by atoms with Crippen LogP contribution in [0.15, 0.2) is 60.7 Å². The molecule has 0 spiro atoms. The first kappa shape index (κ1) is 14.0. The minimum absolute atomic E-state index is 0.0739. The molecule has 0 aromatic heterocycles. The third kappa shape index (κ3) is 3.30. The van der Waals surface area contributed by atoms with E-state index in [-0.39, 0.29) is 5.66 Å². The summed E-state index contributed by atoms with van der Waals surface area (Å²) in [5, 5.41) is 2.55. The van der Waals surface area contributed by atoms with Crippen molar-refractivity contribution in [3.8, 4) is 0 Å². The van der Waals surface area contributed by atoms with E-state index in [1.54, 1.807) is 0 Å². The lowest BCUT2D eigenvalue weighted by atomic mass is 10.2. The maximum absolute atomic E-state index is 12.1. The van der Waals surface area contributed by atoms with Crippen molar-refractivity contribution in [2.24, 2.45) is 0 Å². The van der Waals surface area contributed by atoms with E-state index < -0.39 is 7.92 Å². The van der Waals surface area contributed by atoms with Gasteiger partial charge >= 0.3 is 0 Å². The van der Waals surface area contributed by atoms with Crippen LogP contribution in [0.4, 0.5) is 0 Å². The number of rotatable bonds is 5. The average Bonchev–Trinajstić information content (AvgIpc) is 2.49. The molecule has 1 atom stereocenters. The van der Waals surface area contributed by atoms with Crippen LogP contribution in [0.2, 0.25) is 0 Å². The van der Waals surface area contributed by atoms with Crippen molar-refractivity contribution in [1.29, 1.82) is 0 Å². The number of hydrogen-bond acceptors (Lipinski definition) is 1. The van der Waals surface area contributed by atoms with Crippen molar-refractivity contribution in [2.75, 3.05) is 0 Å². The van der Waals surface area contributed by atoms with Crippen molar-refractivity contribution in [3.63, 3.8) is 0 Å². The summed E-state index contributed by atoms with van der Waals surface area (Å²) >= 11 is 0. The summed E-state index contributed by atoms with van der Waals surface area (Å²) in [5.74, 6) is 0.346. The van der Waals surface area contributed by atoms with Gasteiger partial charge < -0.3 is 0 Å². The number of benzene rings is 2. The summed E-state index contributed by atoms with van der Waals surface area (Å²) in [6, 6.07) is 20.8. The van der Waals surface area contributed by atoms with Gasteiger partial charge in [0.2, 0.25) is 0 Å². The molecule has 0 bridgehead atoms. The van der Waals surface area contributed by atoms with E-state index in [9.17, 15) is 4.79 Å². The second-order valence-electron chi connectivity index (χ2n) is 4.54. The number of hydrogen-bond donors (Lipinski definition) is 0. The lowest BCUT2D eigenvalue weighted by molar-refractivity contribution is -0.118. The molecule has 0 N–H and O–H groups in total. The van der Waals surface area contributed by atoms with Gasteiger partial charge in [-0.05, 0) is 18.5 Å². The first-order valence-electron chi connectivity index (χ1n) is 6.66. The molecule has 0 saturated heterocycles. The molecule has 0 heterocycles. The Bertz CT molecular complexity index is 482. The lowest BCUT2D eigenvalue weighted by Crippen LogP contribution is -2.25. The van der Waals surface area contributed by atoms with Crippen LogP contribution in [-0.2, 0) is 4.79 Å². The van der Waals surface area contributed by atoms with Crippen molar-refractivity contribution in [2.45, 2.75) is 25.9 Å². The van der Waals surface area contributed by atoms with Gasteiger partial charge in [-0.3, -0.25) is 4.79 Å². The zero-order valence-electron chi connectivity index (χ0n) is 11.4. The van der Waals surface area contributed by atoms with E-state index in [1.807, 2.05) is 19.1 Å². The molecule has 0 aliphatic heterocycles. The highest BCUT2D eigenvalue weighted by atomic mass is 31.1. The van der Waals surface area contributed by atoms with Crippen LogP contribution < -0.4 is 10.6 Å². The summed E-state index contributed by atoms with van der Waals surface area (Å²) in [5.41, 5.74) is 0.0739.